The van der Waals surface area contributed by atoms with Crippen molar-refractivity contribution in [3.63, 3.8) is 0 Å². The van der Waals surface area contributed by atoms with Crippen molar-refractivity contribution < 1.29 is 9.15 Å². The second kappa shape index (κ2) is 8.76. The summed E-state index contributed by atoms with van der Waals surface area (Å²) in [4.78, 5) is 4.70. The Morgan fingerprint density at radius 3 is 2.73 bits per heavy atom. The van der Waals surface area contributed by atoms with Crippen molar-refractivity contribution in [3.05, 3.63) is 24.2 Å². The quantitative estimate of drug-likeness (QED) is 0.438. The van der Waals surface area contributed by atoms with E-state index in [2.05, 4.69) is 17.6 Å². The number of nitrogens with zero attached hydrogens (tertiary/aromatic N) is 1. The molecule has 2 N–H and O–H groups in total. The Bertz CT molecular complexity index is 458. The van der Waals surface area contributed by atoms with Gasteiger partial charge in [0, 0.05) is 38.3 Å². The minimum Gasteiger partial charge on any atom is -0.469 e. The van der Waals surface area contributed by atoms with E-state index in [1.807, 2.05) is 12.1 Å². The molecule has 3 rings (SSSR count). The van der Waals surface area contributed by atoms with Crippen molar-refractivity contribution in [3.8, 4) is 0 Å². The number of rotatable bonds is 5. The highest BCUT2D eigenvalue weighted by Crippen LogP contribution is 2.28. The molecule has 1 aromatic rings. The zero-order valence-electron chi connectivity index (χ0n) is 13.1. The van der Waals surface area contributed by atoms with E-state index in [1.54, 1.807) is 6.26 Å². The van der Waals surface area contributed by atoms with Gasteiger partial charge in [0.25, 0.3) is 0 Å². The Kier molecular flexibility index (Phi) is 7.01. The molecule has 22 heavy (non-hydrogen) atoms. The average Bonchev–Trinajstić information content (AvgIpc) is 2.98. The van der Waals surface area contributed by atoms with Crippen LogP contribution in [0.1, 0.15) is 31.9 Å². The molecule has 2 heterocycles. The number of furan rings is 1. The molecule has 0 spiro atoms. The molecule has 0 aromatic carbocycles. The van der Waals surface area contributed by atoms with Crippen LogP contribution in [0.15, 0.2) is 27.8 Å². The molecule has 0 radical (unpaired) electrons. The van der Waals surface area contributed by atoms with Crippen LogP contribution in [-0.4, -0.2) is 37.8 Å². The maximum atomic E-state index is 5.41. The first-order valence-electron chi connectivity index (χ1n) is 7.99. The molecule has 6 heteroatoms. The van der Waals surface area contributed by atoms with E-state index in [-0.39, 0.29) is 24.0 Å². The fourth-order valence-corrected chi connectivity index (χ4v) is 2.60. The normalized spacial score (nSPS) is 25.4. The molecule has 1 saturated heterocycles. The lowest BCUT2D eigenvalue weighted by Gasteiger charge is -2.25. The third kappa shape index (κ3) is 5.46. The summed E-state index contributed by atoms with van der Waals surface area (Å²) in [7, 11) is 0. The van der Waals surface area contributed by atoms with Crippen LogP contribution in [0, 0.1) is 5.92 Å². The third-order valence-corrected chi connectivity index (χ3v) is 4.20. The van der Waals surface area contributed by atoms with Crippen LogP contribution in [0.25, 0.3) is 0 Å². The lowest BCUT2D eigenvalue weighted by atomic mass is 10.1. The van der Waals surface area contributed by atoms with Gasteiger partial charge in [-0.2, -0.15) is 0 Å². The number of hydrogen-bond donors (Lipinski definition) is 2. The summed E-state index contributed by atoms with van der Waals surface area (Å²) in [5.74, 6) is 2.70. The zero-order chi connectivity index (χ0) is 14.5. The fraction of sp³-hybridized carbons (Fsp3) is 0.688. The fourth-order valence-electron chi connectivity index (χ4n) is 2.60. The largest absolute Gasteiger partial charge is 0.469 e. The Morgan fingerprint density at radius 1 is 1.32 bits per heavy atom. The monoisotopic (exact) mass is 419 g/mol. The number of hydrogen-bond acceptors (Lipinski definition) is 3. The Balaban J connectivity index is 0.00000176. The molecule has 1 saturated carbocycles. The van der Waals surface area contributed by atoms with Crippen LogP contribution in [0.3, 0.4) is 0 Å². The molecule has 2 fully saturated rings. The van der Waals surface area contributed by atoms with E-state index in [4.69, 9.17) is 14.1 Å². The van der Waals surface area contributed by atoms with E-state index in [0.717, 1.165) is 56.7 Å². The number of nitrogens with one attached hydrogen (secondary N) is 2. The predicted molar refractivity (Wildman–Crippen MR) is 97.8 cm³/mol. The van der Waals surface area contributed by atoms with Crippen LogP contribution >= 0.6 is 24.0 Å². The third-order valence-electron chi connectivity index (χ3n) is 4.20. The van der Waals surface area contributed by atoms with E-state index in [1.165, 1.54) is 6.42 Å². The Morgan fingerprint density at radius 2 is 2.09 bits per heavy atom. The summed E-state index contributed by atoms with van der Waals surface area (Å²) in [6, 6.07) is 4.98. The number of aliphatic imine (C=N–C) groups is 1. The van der Waals surface area contributed by atoms with E-state index >= 15 is 0 Å². The van der Waals surface area contributed by atoms with Crippen molar-refractivity contribution in [1.29, 1.82) is 0 Å². The topological polar surface area (TPSA) is 58.8 Å². The molecule has 2 atom stereocenters. The molecule has 0 amide bonds. The molecule has 1 aliphatic carbocycles. The minimum atomic E-state index is 0. The number of guanidine groups is 1. The average molecular weight is 419 g/mol. The summed E-state index contributed by atoms with van der Waals surface area (Å²) >= 11 is 0. The molecular weight excluding hydrogens is 393 g/mol. The van der Waals surface area contributed by atoms with Crippen LogP contribution in [0.2, 0.25) is 0 Å². The van der Waals surface area contributed by atoms with Gasteiger partial charge in [0.2, 0.25) is 0 Å². The molecule has 2 aliphatic rings. The lowest BCUT2D eigenvalue weighted by Crippen LogP contribution is -2.46. The van der Waals surface area contributed by atoms with Crippen molar-refractivity contribution >= 4 is 29.9 Å². The molecular formula is C16H26IN3O2. The van der Waals surface area contributed by atoms with Gasteiger partial charge in [-0.1, -0.05) is 6.92 Å². The summed E-state index contributed by atoms with van der Waals surface area (Å²) in [5, 5.41) is 7.09. The summed E-state index contributed by atoms with van der Waals surface area (Å²) in [5.41, 5.74) is 0. The minimum absolute atomic E-state index is 0. The molecule has 1 aliphatic heterocycles. The summed E-state index contributed by atoms with van der Waals surface area (Å²) in [6.07, 6.45) is 5.91. The van der Waals surface area contributed by atoms with E-state index in [9.17, 15) is 0 Å². The van der Waals surface area contributed by atoms with Crippen LogP contribution in [0.4, 0.5) is 0 Å². The number of halogens is 1. The van der Waals surface area contributed by atoms with Gasteiger partial charge in [-0.3, -0.25) is 4.99 Å². The molecule has 1 aromatic heterocycles. The van der Waals surface area contributed by atoms with E-state index in [0.29, 0.717) is 12.1 Å². The van der Waals surface area contributed by atoms with Gasteiger partial charge in [0.05, 0.1) is 6.26 Å². The smallest absolute Gasteiger partial charge is 0.191 e. The van der Waals surface area contributed by atoms with Crippen molar-refractivity contribution in [2.75, 3.05) is 19.8 Å². The SMILES string of the molecule is CC1CC1NC(=NCCc1ccco1)NC1CCOCC1.I. The highest BCUT2D eigenvalue weighted by Gasteiger charge is 2.33. The van der Waals surface area contributed by atoms with Gasteiger partial charge in [-0.25, -0.2) is 0 Å². The Labute approximate surface area is 149 Å². The first-order chi connectivity index (χ1) is 10.3. The van der Waals surface area contributed by atoms with Gasteiger partial charge < -0.3 is 19.8 Å². The molecule has 2 unspecified atom stereocenters. The van der Waals surface area contributed by atoms with Crippen molar-refractivity contribution in [2.24, 2.45) is 10.9 Å². The second-order valence-corrected chi connectivity index (χ2v) is 6.05. The zero-order valence-corrected chi connectivity index (χ0v) is 15.4. The van der Waals surface area contributed by atoms with Gasteiger partial charge in [0.15, 0.2) is 5.96 Å². The predicted octanol–water partition coefficient (Wildman–Crippen LogP) is 2.56. The van der Waals surface area contributed by atoms with Crippen LogP contribution in [0.5, 0.6) is 0 Å². The van der Waals surface area contributed by atoms with Gasteiger partial charge in [-0.05, 0) is 37.3 Å². The highest BCUT2D eigenvalue weighted by molar-refractivity contribution is 14.0. The maximum absolute atomic E-state index is 5.41. The second-order valence-electron chi connectivity index (χ2n) is 6.05. The maximum Gasteiger partial charge on any atom is 0.191 e. The summed E-state index contributed by atoms with van der Waals surface area (Å²) < 4.78 is 10.8. The van der Waals surface area contributed by atoms with Gasteiger partial charge in [0.1, 0.15) is 5.76 Å². The molecule has 5 nitrogen and oxygen atoms in total. The first kappa shape index (κ1) is 17.6. The van der Waals surface area contributed by atoms with Crippen LogP contribution < -0.4 is 10.6 Å². The van der Waals surface area contributed by atoms with Crippen molar-refractivity contribution in [2.45, 2.75) is 44.7 Å². The Hall–Kier alpha value is -0.760. The highest BCUT2D eigenvalue weighted by atomic mass is 127. The number of ether oxygens (including phenoxy) is 1. The van der Waals surface area contributed by atoms with Crippen LogP contribution in [-0.2, 0) is 11.2 Å². The lowest BCUT2D eigenvalue weighted by molar-refractivity contribution is 0.0822. The molecule has 124 valence electrons. The van der Waals surface area contributed by atoms with Crippen molar-refractivity contribution in [1.82, 2.24) is 10.6 Å². The summed E-state index contributed by atoms with van der Waals surface area (Å²) in [6.45, 7) is 4.70. The molecule has 0 bridgehead atoms. The van der Waals surface area contributed by atoms with Gasteiger partial charge >= 0.3 is 0 Å². The van der Waals surface area contributed by atoms with Gasteiger partial charge in [-0.15, -0.1) is 24.0 Å². The first-order valence-corrected chi connectivity index (χ1v) is 7.99. The van der Waals surface area contributed by atoms with E-state index < -0.39 is 0 Å². The standard InChI is InChI=1S/C16H25N3O2.HI/c1-12-11-15(12)19-16(18-13-5-9-20-10-6-13)17-7-4-14-3-2-8-21-14;/h2-3,8,12-13,15H,4-7,9-11H2,1H3,(H2,17,18,19);1H.